The van der Waals surface area contributed by atoms with Gasteiger partial charge < -0.3 is 14.6 Å². The van der Waals surface area contributed by atoms with Gasteiger partial charge in [-0.05, 0) is 36.5 Å². The average Bonchev–Trinajstić information content (AvgIpc) is 2.72. The number of cyclic esters (lactones) is 1. The standard InChI is InChI=1S/C18H22O5/c1-10(2)7-15-17(20)16(18(21)23-15)13(19)9-12-5-6-14(22-4)11(3)8-12/h5-6,8,10,15,20H,7,9H2,1-4H3. The summed E-state index contributed by atoms with van der Waals surface area (Å²) in [4.78, 5) is 24.3. The van der Waals surface area contributed by atoms with Crippen molar-refractivity contribution in [2.45, 2.75) is 39.7 Å². The minimum absolute atomic E-state index is 0.0354. The summed E-state index contributed by atoms with van der Waals surface area (Å²) < 4.78 is 10.3. The molecule has 1 heterocycles. The van der Waals surface area contributed by atoms with Crippen molar-refractivity contribution in [1.29, 1.82) is 0 Å². The van der Waals surface area contributed by atoms with Gasteiger partial charge in [-0.15, -0.1) is 0 Å². The van der Waals surface area contributed by atoms with Crippen molar-refractivity contribution in [3.8, 4) is 5.75 Å². The number of hydrogen-bond donors (Lipinski definition) is 1. The van der Waals surface area contributed by atoms with E-state index in [4.69, 9.17) is 9.47 Å². The lowest BCUT2D eigenvalue weighted by Crippen LogP contribution is -2.14. The van der Waals surface area contributed by atoms with Crippen molar-refractivity contribution in [2.75, 3.05) is 7.11 Å². The molecule has 1 aromatic carbocycles. The zero-order chi connectivity index (χ0) is 17.1. The number of ether oxygens (including phenoxy) is 2. The third kappa shape index (κ3) is 3.73. The Kier molecular flexibility index (Phi) is 5.08. The molecule has 0 spiro atoms. The van der Waals surface area contributed by atoms with Crippen LogP contribution in [0.5, 0.6) is 5.75 Å². The van der Waals surface area contributed by atoms with Gasteiger partial charge in [0.05, 0.1) is 7.11 Å². The molecule has 1 N–H and O–H groups in total. The van der Waals surface area contributed by atoms with Crippen molar-refractivity contribution < 1.29 is 24.2 Å². The van der Waals surface area contributed by atoms with Gasteiger partial charge in [0.25, 0.3) is 0 Å². The average molecular weight is 318 g/mol. The van der Waals surface area contributed by atoms with Gasteiger partial charge in [0.1, 0.15) is 11.3 Å². The summed E-state index contributed by atoms with van der Waals surface area (Å²) in [6, 6.07) is 5.38. The quantitative estimate of drug-likeness (QED) is 0.645. The number of carbonyl (C=O) groups is 2. The molecular weight excluding hydrogens is 296 g/mol. The summed E-state index contributed by atoms with van der Waals surface area (Å²) in [5, 5.41) is 10.1. The predicted octanol–water partition coefficient (Wildman–Crippen LogP) is 2.90. The number of ketones is 1. The summed E-state index contributed by atoms with van der Waals surface area (Å²) in [6.45, 7) is 5.80. The van der Waals surface area contributed by atoms with Crippen molar-refractivity contribution in [2.24, 2.45) is 5.92 Å². The second-order valence-corrected chi connectivity index (χ2v) is 6.19. The molecule has 5 nitrogen and oxygen atoms in total. The van der Waals surface area contributed by atoms with E-state index < -0.39 is 17.9 Å². The maximum Gasteiger partial charge on any atom is 0.346 e. The Morgan fingerprint density at radius 3 is 2.65 bits per heavy atom. The first kappa shape index (κ1) is 17.1. The van der Waals surface area contributed by atoms with E-state index in [0.717, 1.165) is 16.9 Å². The lowest BCUT2D eigenvalue weighted by Gasteiger charge is -2.11. The van der Waals surface area contributed by atoms with Crippen LogP contribution in [0, 0.1) is 12.8 Å². The van der Waals surface area contributed by atoms with E-state index in [1.54, 1.807) is 19.2 Å². The third-order valence-corrected chi connectivity index (χ3v) is 3.80. The molecule has 0 bridgehead atoms. The van der Waals surface area contributed by atoms with Crippen LogP contribution in [0.3, 0.4) is 0 Å². The minimum atomic E-state index is -0.733. The molecule has 1 aliphatic heterocycles. The maximum atomic E-state index is 12.4. The van der Waals surface area contributed by atoms with Gasteiger partial charge in [-0.3, -0.25) is 4.79 Å². The van der Waals surface area contributed by atoms with E-state index >= 15 is 0 Å². The van der Waals surface area contributed by atoms with Crippen molar-refractivity contribution in [1.82, 2.24) is 0 Å². The fourth-order valence-electron chi connectivity index (χ4n) is 2.68. The molecule has 1 aromatic rings. The second-order valence-electron chi connectivity index (χ2n) is 6.19. The molecule has 1 aliphatic rings. The van der Waals surface area contributed by atoms with Crippen LogP contribution in [0.2, 0.25) is 0 Å². The van der Waals surface area contributed by atoms with E-state index in [1.807, 2.05) is 26.8 Å². The molecule has 1 atom stereocenters. The summed E-state index contributed by atoms with van der Waals surface area (Å²) in [5.74, 6) is -0.417. The Bertz CT molecular complexity index is 657. The van der Waals surface area contributed by atoms with E-state index in [-0.39, 0.29) is 23.7 Å². The van der Waals surface area contributed by atoms with Crippen LogP contribution in [0.4, 0.5) is 0 Å². The molecule has 0 saturated carbocycles. The number of aryl methyl sites for hydroxylation is 1. The van der Waals surface area contributed by atoms with Crippen LogP contribution in [0.1, 0.15) is 31.4 Å². The SMILES string of the molecule is COc1ccc(CC(=O)C2=C(O)C(CC(C)C)OC2=O)cc1C. The number of hydrogen-bond acceptors (Lipinski definition) is 5. The van der Waals surface area contributed by atoms with E-state index in [1.165, 1.54) is 0 Å². The molecule has 0 fully saturated rings. The van der Waals surface area contributed by atoms with Gasteiger partial charge >= 0.3 is 5.97 Å². The first-order valence-electron chi connectivity index (χ1n) is 7.64. The van der Waals surface area contributed by atoms with Crippen LogP contribution >= 0.6 is 0 Å². The molecule has 2 rings (SSSR count). The molecule has 1 unspecified atom stereocenters. The number of rotatable bonds is 6. The number of carbonyl (C=O) groups excluding carboxylic acids is 2. The fraction of sp³-hybridized carbons (Fsp3) is 0.444. The molecule has 23 heavy (non-hydrogen) atoms. The van der Waals surface area contributed by atoms with Gasteiger partial charge in [-0.2, -0.15) is 0 Å². The summed E-state index contributed by atoms with van der Waals surface area (Å²) in [6.07, 6.45) is -0.178. The number of benzene rings is 1. The lowest BCUT2D eigenvalue weighted by molar-refractivity contribution is -0.141. The van der Waals surface area contributed by atoms with Gasteiger partial charge in [0, 0.05) is 6.42 Å². The molecule has 0 aromatic heterocycles. The highest BCUT2D eigenvalue weighted by Gasteiger charge is 2.38. The fourth-order valence-corrected chi connectivity index (χ4v) is 2.68. The van der Waals surface area contributed by atoms with Gasteiger partial charge in [-0.25, -0.2) is 4.79 Å². The molecule has 0 amide bonds. The zero-order valence-electron chi connectivity index (χ0n) is 13.9. The topological polar surface area (TPSA) is 72.8 Å². The predicted molar refractivity (Wildman–Crippen MR) is 85.4 cm³/mol. The Morgan fingerprint density at radius 1 is 1.39 bits per heavy atom. The number of Topliss-reactive ketones (excluding diaryl/α,β-unsaturated/α-hetero) is 1. The smallest absolute Gasteiger partial charge is 0.346 e. The van der Waals surface area contributed by atoms with E-state index in [0.29, 0.717) is 6.42 Å². The molecule has 5 heteroatoms. The number of aliphatic hydroxyl groups excluding tert-OH is 1. The van der Waals surface area contributed by atoms with Gasteiger partial charge in [0.15, 0.2) is 17.6 Å². The highest BCUT2D eigenvalue weighted by atomic mass is 16.6. The van der Waals surface area contributed by atoms with Gasteiger partial charge in [-0.1, -0.05) is 26.0 Å². The monoisotopic (exact) mass is 318 g/mol. The first-order valence-corrected chi connectivity index (χ1v) is 7.64. The Morgan fingerprint density at radius 2 is 2.09 bits per heavy atom. The van der Waals surface area contributed by atoms with Crippen molar-refractivity contribution >= 4 is 11.8 Å². The summed E-state index contributed by atoms with van der Waals surface area (Å²) in [7, 11) is 1.58. The number of methoxy groups -OCH3 is 1. The summed E-state index contributed by atoms with van der Waals surface area (Å²) >= 11 is 0. The molecule has 0 radical (unpaired) electrons. The molecular formula is C18H22O5. The van der Waals surface area contributed by atoms with Crippen LogP contribution in [-0.4, -0.2) is 30.1 Å². The molecule has 0 saturated heterocycles. The Balaban J connectivity index is 2.18. The lowest BCUT2D eigenvalue weighted by atomic mass is 9.98. The van der Waals surface area contributed by atoms with Crippen molar-refractivity contribution in [3.63, 3.8) is 0 Å². The number of esters is 1. The largest absolute Gasteiger partial charge is 0.507 e. The van der Waals surface area contributed by atoms with E-state index in [9.17, 15) is 14.7 Å². The van der Waals surface area contributed by atoms with Crippen LogP contribution in [0.15, 0.2) is 29.5 Å². The third-order valence-electron chi connectivity index (χ3n) is 3.80. The van der Waals surface area contributed by atoms with E-state index in [2.05, 4.69) is 0 Å². The Hall–Kier alpha value is -2.30. The zero-order valence-corrected chi connectivity index (χ0v) is 13.9. The maximum absolute atomic E-state index is 12.4. The van der Waals surface area contributed by atoms with Crippen LogP contribution in [-0.2, 0) is 20.7 Å². The second kappa shape index (κ2) is 6.86. The van der Waals surface area contributed by atoms with Crippen molar-refractivity contribution in [3.05, 3.63) is 40.7 Å². The number of aliphatic hydroxyl groups is 1. The Labute approximate surface area is 135 Å². The highest BCUT2D eigenvalue weighted by molar-refractivity contribution is 6.19. The highest BCUT2D eigenvalue weighted by Crippen LogP contribution is 2.27. The normalized spacial score (nSPS) is 17.6. The van der Waals surface area contributed by atoms with Crippen LogP contribution < -0.4 is 4.74 Å². The van der Waals surface area contributed by atoms with Crippen LogP contribution in [0.25, 0.3) is 0 Å². The minimum Gasteiger partial charge on any atom is -0.507 e. The molecule has 0 aliphatic carbocycles. The molecule has 124 valence electrons. The first-order chi connectivity index (χ1) is 10.8. The van der Waals surface area contributed by atoms with Gasteiger partial charge in [0.2, 0.25) is 0 Å². The summed E-state index contributed by atoms with van der Waals surface area (Å²) in [5.41, 5.74) is 1.44.